The zero-order chi connectivity index (χ0) is 10.8. The van der Waals surface area contributed by atoms with Crippen molar-refractivity contribution in [3.63, 3.8) is 0 Å². The molecule has 0 saturated carbocycles. The number of benzene rings is 2. The molecule has 0 aromatic heterocycles. The summed E-state index contributed by atoms with van der Waals surface area (Å²) in [5.74, 6) is 0.00640. The summed E-state index contributed by atoms with van der Waals surface area (Å²) in [5.41, 5.74) is 2.35. The highest BCUT2D eigenvalue weighted by Crippen LogP contribution is 2.23. The van der Waals surface area contributed by atoms with E-state index in [1.807, 2.05) is 6.07 Å². The molecule has 0 heterocycles. The van der Waals surface area contributed by atoms with Gasteiger partial charge in [-0.15, -0.1) is 0 Å². The third-order valence-electron chi connectivity index (χ3n) is 2.37. The number of hydrogen-bond donors (Lipinski definition) is 1. The van der Waals surface area contributed by atoms with Crippen LogP contribution in [0.4, 0.5) is 4.39 Å². The lowest BCUT2D eigenvalue weighted by molar-refractivity contribution is 0.475. The summed E-state index contributed by atoms with van der Waals surface area (Å²) in [5, 5.41) is 9.13. The Bertz CT molecular complexity index is 474. The molecule has 2 aromatic rings. The summed E-state index contributed by atoms with van der Waals surface area (Å²) in [7, 11) is 0. The van der Waals surface area contributed by atoms with Crippen LogP contribution < -0.4 is 0 Å². The van der Waals surface area contributed by atoms with Gasteiger partial charge in [0.25, 0.3) is 0 Å². The summed E-state index contributed by atoms with van der Waals surface area (Å²) in [6.07, 6.45) is 0. The van der Waals surface area contributed by atoms with E-state index in [2.05, 4.69) is 0 Å². The minimum atomic E-state index is -0.208. The highest BCUT2D eigenvalue weighted by Gasteiger charge is 2.01. The minimum Gasteiger partial charge on any atom is -0.508 e. The smallest absolute Gasteiger partial charge is 0.126 e. The number of phenolic OH excluding ortho intramolecular Hbond substituents is 1. The first-order valence-electron chi connectivity index (χ1n) is 4.72. The Morgan fingerprint density at radius 3 is 2.13 bits per heavy atom. The van der Waals surface area contributed by atoms with Gasteiger partial charge in [-0.2, -0.15) is 0 Å². The fourth-order valence-corrected chi connectivity index (χ4v) is 1.43. The first kappa shape index (κ1) is 9.71. The fraction of sp³-hybridized carbons (Fsp3) is 0.0769. The van der Waals surface area contributed by atoms with Crippen molar-refractivity contribution in [2.24, 2.45) is 0 Å². The van der Waals surface area contributed by atoms with Gasteiger partial charge in [0.05, 0.1) is 0 Å². The summed E-state index contributed by atoms with van der Waals surface area (Å²) in [6, 6.07) is 11.8. The first-order chi connectivity index (χ1) is 7.16. The second-order valence-electron chi connectivity index (χ2n) is 3.51. The Hall–Kier alpha value is -1.83. The van der Waals surface area contributed by atoms with Gasteiger partial charge in [0.1, 0.15) is 11.6 Å². The Morgan fingerprint density at radius 2 is 1.53 bits per heavy atom. The van der Waals surface area contributed by atoms with Crippen LogP contribution in [0.1, 0.15) is 5.56 Å². The number of rotatable bonds is 1. The van der Waals surface area contributed by atoms with Gasteiger partial charge in [-0.1, -0.05) is 24.3 Å². The second kappa shape index (κ2) is 3.73. The normalized spacial score (nSPS) is 10.3. The molecule has 2 rings (SSSR count). The van der Waals surface area contributed by atoms with Gasteiger partial charge in [-0.05, 0) is 41.8 Å². The summed E-state index contributed by atoms with van der Waals surface area (Å²) in [4.78, 5) is 0. The third kappa shape index (κ3) is 1.99. The highest BCUT2D eigenvalue weighted by atomic mass is 19.1. The third-order valence-corrected chi connectivity index (χ3v) is 2.37. The van der Waals surface area contributed by atoms with E-state index in [4.69, 9.17) is 5.11 Å². The predicted molar refractivity (Wildman–Crippen MR) is 58.2 cm³/mol. The lowest BCUT2D eigenvalue weighted by Crippen LogP contribution is -1.83. The van der Waals surface area contributed by atoms with Gasteiger partial charge in [0, 0.05) is 0 Å². The standard InChI is InChI=1S/C13H11FO/c1-9-2-3-11(8-13(9)14)10-4-6-12(15)7-5-10/h2-8,15H,1H3. The van der Waals surface area contributed by atoms with Crippen molar-refractivity contribution in [1.82, 2.24) is 0 Å². The maximum absolute atomic E-state index is 13.3. The maximum Gasteiger partial charge on any atom is 0.126 e. The molecule has 0 aliphatic heterocycles. The van der Waals surface area contributed by atoms with Gasteiger partial charge < -0.3 is 5.11 Å². The van der Waals surface area contributed by atoms with Crippen molar-refractivity contribution in [1.29, 1.82) is 0 Å². The van der Waals surface area contributed by atoms with Crippen molar-refractivity contribution < 1.29 is 9.50 Å². The van der Waals surface area contributed by atoms with Gasteiger partial charge in [0.2, 0.25) is 0 Å². The van der Waals surface area contributed by atoms with Crippen LogP contribution in [0.3, 0.4) is 0 Å². The monoisotopic (exact) mass is 202 g/mol. The van der Waals surface area contributed by atoms with Crippen LogP contribution in [-0.4, -0.2) is 5.11 Å². The number of halogens is 1. The lowest BCUT2D eigenvalue weighted by atomic mass is 10.0. The molecule has 1 nitrogen and oxygen atoms in total. The molecule has 0 aliphatic carbocycles. The average Bonchev–Trinajstić information content (AvgIpc) is 2.23. The molecule has 0 fully saturated rings. The van der Waals surface area contributed by atoms with Crippen molar-refractivity contribution >= 4 is 0 Å². The molecule has 76 valence electrons. The van der Waals surface area contributed by atoms with Crippen molar-refractivity contribution in [2.75, 3.05) is 0 Å². The van der Waals surface area contributed by atoms with E-state index < -0.39 is 0 Å². The number of aromatic hydroxyl groups is 1. The van der Waals surface area contributed by atoms with Crippen LogP contribution in [-0.2, 0) is 0 Å². The van der Waals surface area contributed by atoms with Gasteiger partial charge in [-0.25, -0.2) is 4.39 Å². The zero-order valence-corrected chi connectivity index (χ0v) is 8.37. The second-order valence-corrected chi connectivity index (χ2v) is 3.51. The van der Waals surface area contributed by atoms with E-state index in [1.54, 1.807) is 37.3 Å². The van der Waals surface area contributed by atoms with Crippen molar-refractivity contribution in [3.05, 3.63) is 53.8 Å². The number of phenols is 1. The molecule has 0 aliphatic rings. The Morgan fingerprint density at radius 1 is 0.933 bits per heavy atom. The molecule has 0 atom stereocenters. The SMILES string of the molecule is Cc1ccc(-c2ccc(O)cc2)cc1F. The molecule has 0 amide bonds. The molecule has 0 saturated heterocycles. The van der Waals surface area contributed by atoms with Gasteiger partial charge >= 0.3 is 0 Å². The summed E-state index contributed by atoms with van der Waals surface area (Å²) in [6.45, 7) is 1.73. The van der Waals surface area contributed by atoms with Crippen molar-refractivity contribution in [3.8, 4) is 16.9 Å². The molecule has 2 heteroatoms. The van der Waals surface area contributed by atoms with Crippen LogP contribution in [0.15, 0.2) is 42.5 Å². The Balaban J connectivity index is 2.45. The van der Waals surface area contributed by atoms with E-state index in [1.165, 1.54) is 6.07 Å². The molecule has 0 unspecified atom stereocenters. The number of hydrogen-bond acceptors (Lipinski definition) is 1. The molecule has 0 bridgehead atoms. The summed E-state index contributed by atoms with van der Waals surface area (Å²) < 4.78 is 13.3. The highest BCUT2D eigenvalue weighted by molar-refractivity contribution is 5.64. The largest absolute Gasteiger partial charge is 0.508 e. The average molecular weight is 202 g/mol. The van der Waals surface area contributed by atoms with Crippen LogP contribution in [0.5, 0.6) is 5.75 Å². The molecule has 2 aromatic carbocycles. The molecular weight excluding hydrogens is 191 g/mol. The lowest BCUT2D eigenvalue weighted by Gasteiger charge is -2.03. The van der Waals surface area contributed by atoms with Crippen LogP contribution >= 0.6 is 0 Å². The Kier molecular flexibility index (Phi) is 2.42. The predicted octanol–water partition coefficient (Wildman–Crippen LogP) is 3.51. The minimum absolute atomic E-state index is 0.208. The molecular formula is C13H11FO. The van der Waals surface area contributed by atoms with Gasteiger partial charge in [0.15, 0.2) is 0 Å². The zero-order valence-electron chi connectivity index (χ0n) is 8.37. The maximum atomic E-state index is 13.3. The van der Waals surface area contributed by atoms with Gasteiger partial charge in [-0.3, -0.25) is 0 Å². The van der Waals surface area contributed by atoms with E-state index in [-0.39, 0.29) is 11.6 Å². The van der Waals surface area contributed by atoms with Crippen LogP contribution in [0.25, 0.3) is 11.1 Å². The molecule has 1 N–H and O–H groups in total. The molecule has 0 spiro atoms. The van der Waals surface area contributed by atoms with E-state index in [9.17, 15) is 4.39 Å². The quantitative estimate of drug-likeness (QED) is 0.750. The molecule has 15 heavy (non-hydrogen) atoms. The Labute approximate surface area is 87.8 Å². The number of aryl methyl sites for hydroxylation is 1. The topological polar surface area (TPSA) is 20.2 Å². The summed E-state index contributed by atoms with van der Waals surface area (Å²) >= 11 is 0. The van der Waals surface area contributed by atoms with Crippen LogP contribution in [0.2, 0.25) is 0 Å². The van der Waals surface area contributed by atoms with E-state index in [0.717, 1.165) is 11.1 Å². The van der Waals surface area contributed by atoms with Crippen LogP contribution in [0, 0.1) is 12.7 Å². The van der Waals surface area contributed by atoms with E-state index >= 15 is 0 Å². The first-order valence-corrected chi connectivity index (χ1v) is 4.72. The van der Waals surface area contributed by atoms with E-state index in [0.29, 0.717) is 5.56 Å². The van der Waals surface area contributed by atoms with Crippen molar-refractivity contribution in [2.45, 2.75) is 6.92 Å². The fourth-order valence-electron chi connectivity index (χ4n) is 1.43. The molecule has 0 radical (unpaired) electrons.